The number of carbonyl (C=O) groups is 1. The van der Waals surface area contributed by atoms with E-state index in [4.69, 9.17) is 9.47 Å². The highest BCUT2D eigenvalue weighted by atomic mass is 16.5. The van der Waals surface area contributed by atoms with Crippen LogP contribution >= 0.6 is 0 Å². The third kappa shape index (κ3) is 4.01. The average molecular weight is 296 g/mol. The van der Waals surface area contributed by atoms with E-state index in [0.29, 0.717) is 12.3 Å². The lowest BCUT2D eigenvalue weighted by molar-refractivity contribution is 0.0358. The number of rotatable bonds is 6. The first kappa shape index (κ1) is 15.9. The fraction of sp³-hybridized carbons (Fsp3) is 0.786. The molecular weight excluding hydrogens is 272 g/mol. The Balaban J connectivity index is 2.06. The van der Waals surface area contributed by atoms with E-state index in [1.165, 1.54) is 0 Å². The quantitative estimate of drug-likeness (QED) is 0.727. The number of morpholine rings is 1. The molecule has 0 aromatic carbocycles. The van der Waals surface area contributed by atoms with Crippen LogP contribution in [0.25, 0.3) is 0 Å². The van der Waals surface area contributed by atoms with E-state index in [-0.39, 0.29) is 11.9 Å². The number of nitrogens with zero attached hydrogens (tertiary/aromatic N) is 4. The van der Waals surface area contributed by atoms with Crippen LogP contribution in [0, 0.1) is 0 Å². The maximum atomic E-state index is 11.9. The Morgan fingerprint density at radius 1 is 1.33 bits per heavy atom. The summed E-state index contributed by atoms with van der Waals surface area (Å²) in [5, 5.41) is 8.15. The molecule has 2 heterocycles. The van der Waals surface area contributed by atoms with Gasteiger partial charge in [0.2, 0.25) is 0 Å². The van der Waals surface area contributed by atoms with Gasteiger partial charge in [-0.25, -0.2) is 9.48 Å². The molecule has 0 unspecified atom stereocenters. The fourth-order valence-corrected chi connectivity index (χ4v) is 2.46. The highest BCUT2D eigenvalue weighted by Gasteiger charge is 2.23. The number of aromatic nitrogens is 3. The topological polar surface area (TPSA) is 69.5 Å². The molecule has 0 spiro atoms. The second-order valence-electron chi connectivity index (χ2n) is 5.38. The van der Waals surface area contributed by atoms with Crippen molar-refractivity contribution < 1.29 is 14.3 Å². The average Bonchev–Trinajstić information content (AvgIpc) is 2.90. The van der Waals surface area contributed by atoms with Gasteiger partial charge in [-0.2, -0.15) is 0 Å². The Morgan fingerprint density at radius 2 is 2.05 bits per heavy atom. The van der Waals surface area contributed by atoms with E-state index in [0.717, 1.165) is 45.1 Å². The summed E-state index contributed by atoms with van der Waals surface area (Å²) in [7, 11) is 0. The lowest BCUT2D eigenvalue weighted by Gasteiger charge is -2.26. The molecule has 0 radical (unpaired) electrons. The number of ether oxygens (including phenoxy) is 2. The maximum absolute atomic E-state index is 11.9. The summed E-state index contributed by atoms with van der Waals surface area (Å²) < 4.78 is 12.2. The molecule has 1 saturated heterocycles. The van der Waals surface area contributed by atoms with Crippen LogP contribution in [0.4, 0.5) is 0 Å². The summed E-state index contributed by atoms with van der Waals surface area (Å²) >= 11 is 0. The zero-order valence-electron chi connectivity index (χ0n) is 13.0. The van der Waals surface area contributed by atoms with Gasteiger partial charge in [-0.15, -0.1) is 5.10 Å². The van der Waals surface area contributed by atoms with E-state index >= 15 is 0 Å². The number of esters is 1. The predicted octanol–water partition coefficient (Wildman–Crippen LogP) is 0.910. The van der Waals surface area contributed by atoms with Crippen molar-refractivity contribution in [3.63, 3.8) is 0 Å². The third-order valence-electron chi connectivity index (χ3n) is 3.52. The number of hydrogen-bond donors (Lipinski definition) is 0. The summed E-state index contributed by atoms with van der Waals surface area (Å²) in [5.41, 5.74) is 1.19. The summed E-state index contributed by atoms with van der Waals surface area (Å²) in [4.78, 5) is 14.3. The van der Waals surface area contributed by atoms with Crippen molar-refractivity contribution in [2.24, 2.45) is 0 Å². The highest BCUT2D eigenvalue weighted by molar-refractivity contribution is 5.88. The van der Waals surface area contributed by atoms with Gasteiger partial charge < -0.3 is 9.47 Å². The smallest absolute Gasteiger partial charge is 0.360 e. The molecule has 21 heavy (non-hydrogen) atoms. The van der Waals surface area contributed by atoms with Gasteiger partial charge in [0.05, 0.1) is 32.1 Å². The minimum Gasteiger partial charge on any atom is -0.461 e. The fourth-order valence-electron chi connectivity index (χ4n) is 2.46. The van der Waals surface area contributed by atoms with Crippen LogP contribution < -0.4 is 0 Å². The second kappa shape index (κ2) is 7.51. The molecule has 1 aliphatic heterocycles. The van der Waals surface area contributed by atoms with Gasteiger partial charge in [0.25, 0.3) is 0 Å². The summed E-state index contributed by atoms with van der Waals surface area (Å²) in [6.07, 6.45) is 0. The van der Waals surface area contributed by atoms with Crippen molar-refractivity contribution in [3.8, 4) is 0 Å². The van der Waals surface area contributed by atoms with Crippen molar-refractivity contribution >= 4 is 5.97 Å². The molecule has 118 valence electrons. The van der Waals surface area contributed by atoms with Crippen LogP contribution in [0.5, 0.6) is 0 Å². The van der Waals surface area contributed by atoms with Gasteiger partial charge in [-0.3, -0.25) is 4.90 Å². The molecule has 7 heteroatoms. The lowest BCUT2D eigenvalue weighted by Crippen LogP contribution is -2.38. The van der Waals surface area contributed by atoms with Crippen molar-refractivity contribution in [3.05, 3.63) is 11.4 Å². The zero-order valence-corrected chi connectivity index (χ0v) is 13.0. The van der Waals surface area contributed by atoms with E-state index in [1.54, 1.807) is 6.92 Å². The van der Waals surface area contributed by atoms with Gasteiger partial charge >= 0.3 is 5.97 Å². The van der Waals surface area contributed by atoms with E-state index in [1.807, 2.05) is 18.5 Å². The minimum absolute atomic E-state index is 0.170. The Labute approximate surface area is 125 Å². The van der Waals surface area contributed by atoms with Crippen LogP contribution in [0.15, 0.2) is 0 Å². The van der Waals surface area contributed by atoms with Crippen molar-refractivity contribution in [1.29, 1.82) is 0 Å². The maximum Gasteiger partial charge on any atom is 0.360 e. The van der Waals surface area contributed by atoms with Crippen LogP contribution in [-0.4, -0.2) is 65.3 Å². The van der Waals surface area contributed by atoms with Crippen LogP contribution in [0.1, 0.15) is 42.9 Å². The van der Waals surface area contributed by atoms with Crippen molar-refractivity contribution in [2.45, 2.75) is 33.2 Å². The Kier molecular flexibility index (Phi) is 5.69. The van der Waals surface area contributed by atoms with E-state index < -0.39 is 0 Å². The van der Waals surface area contributed by atoms with E-state index in [2.05, 4.69) is 15.2 Å². The number of hydrogen-bond acceptors (Lipinski definition) is 6. The number of carbonyl (C=O) groups excluding carboxylic acids is 1. The third-order valence-corrected chi connectivity index (χ3v) is 3.52. The summed E-state index contributed by atoms with van der Waals surface area (Å²) in [5.74, 6) is -0.220. The van der Waals surface area contributed by atoms with Gasteiger partial charge in [0, 0.05) is 19.6 Å². The van der Waals surface area contributed by atoms with Gasteiger partial charge in [0.15, 0.2) is 5.69 Å². The molecule has 0 bridgehead atoms. The monoisotopic (exact) mass is 296 g/mol. The minimum atomic E-state index is -0.390. The van der Waals surface area contributed by atoms with Gasteiger partial charge in [0.1, 0.15) is 0 Å². The van der Waals surface area contributed by atoms with Gasteiger partial charge in [-0.1, -0.05) is 19.1 Å². The largest absolute Gasteiger partial charge is 0.461 e. The molecule has 1 fully saturated rings. The molecule has 0 amide bonds. The van der Waals surface area contributed by atoms with Crippen LogP contribution in [0.3, 0.4) is 0 Å². The SMILES string of the molecule is CCOC(=O)c1nnn(CCN2CCOCC2)c1C(C)C. The molecule has 0 saturated carbocycles. The predicted molar refractivity (Wildman–Crippen MR) is 77.3 cm³/mol. The Hall–Kier alpha value is -1.47. The molecule has 1 aromatic rings. The van der Waals surface area contributed by atoms with Gasteiger partial charge in [-0.05, 0) is 12.8 Å². The molecule has 0 atom stereocenters. The summed E-state index contributed by atoms with van der Waals surface area (Å²) in [6.45, 7) is 11.2. The summed E-state index contributed by atoms with van der Waals surface area (Å²) in [6, 6.07) is 0. The van der Waals surface area contributed by atoms with Crippen LogP contribution in [-0.2, 0) is 16.0 Å². The molecule has 1 aromatic heterocycles. The first-order valence-corrected chi connectivity index (χ1v) is 7.54. The first-order valence-electron chi connectivity index (χ1n) is 7.54. The normalized spacial score (nSPS) is 16.4. The molecule has 2 rings (SSSR count). The molecule has 0 N–H and O–H groups in total. The Morgan fingerprint density at radius 3 is 2.67 bits per heavy atom. The van der Waals surface area contributed by atoms with Crippen LogP contribution in [0.2, 0.25) is 0 Å². The lowest BCUT2D eigenvalue weighted by atomic mass is 10.1. The molecule has 7 nitrogen and oxygen atoms in total. The standard InChI is InChI=1S/C14H24N4O3/c1-4-21-14(19)12-13(11(2)3)18(16-15-12)6-5-17-7-9-20-10-8-17/h11H,4-10H2,1-3H3. The zero-order chi connectivity index (χ0) is 15.2. The molecular formula is C14H24N4O3. The molecule has 1 aliphatic rings. The molecule has 0 aliphatic carbocycles. The highest BCUT2D eigenvalue weighted by Crippen LogP contribution is 2.18. The van der Waals surface area contributed by atoms with Crippen molar-refractivity contribution in [1.82, 2.24) is 19.9 Å². The second-order valence-corrected chi connectivity index (χ2v) is 5.38. The van der Waals surface area contributed by atoms with Crippen molar-refractivity contribution in [2.75, 3.05) is 39.5 Å². The Bertz CT molecular complexity index is 467. The van der Waals surface area contributed by atoms with E-state index in [9.17, 15) is 4.79 Å². The first-order chi connectivity index (χ1) is 10.1.